The van der Waals surface area contributed by atoms with E-state index in [-0.39, 0.29) is 10.6 Å². The van der Waals surface area contributed by atoms with Gasteiger partial charge >= 0.3 is 5.97 Å². The molecule has 0 fully saturated rings. The molecule has 3 aromatic carbocycles. The van der Waals surface area contributed by atoms with Crippen LogP contribution in [0.15, 0.2) is 83.0 Å². The van der Waals surface area contributed by atoms with E-state index in [0.29, 0.717) is 15.9 Å². The third-order valence-corrected chi connectivity index (χ3v) is 5.24. The van der Waals surface area contributed by atoms with E-state index < -0.39 is 5.97 Å². The van der Waals surface area contributed by atoms with Crippen molar-refractivity contribution in [2.75, 3.05) is 0 Å². The Kier molecular flexibility index (Phi) is 7.90. The van der Waals surface area contributed by atoms with E-state index in [2.05, 4.69) is 10.2 Å². The second-order valence-electron chi connectivity index (χ2n) is 6.04. The number of hydrogen-bond acceptors (Lipinski definition) is 5. The van der Waals surface area contributed by atoms with Crippen LogP contribution >= 0.6 is 35.0 Å². The summed E-state index contributed by atoms with van der Waals surface area (Å²) >= 11 is 13.3. The number of benzene rings is 3. The van der Waals surface area contributed by atoms with Crippen LogP contribution in [0.4, 0.5) is 0 Å². The molecule has 152 valence electrons. The predicted octanol–water partition coefficient (Wildman–Crippen LogP) is 5.79. The Morgan fingerprint density at radius 2 is 1.77 bits per heavy atom. The van der Waals surface area contributed by atoms with Crippen LogP contribution < -0.4 is 10.5 Å². The maximum absolute atomic E-state index is 12.2. The van der Waals surface area contributed by atoms with Gasteiger partial charge in [0.15, 0.2) is 5.17 Å². The van der Waals surface area contributed by atoms with Crippen LogP contribution in [0.1, 0.15) is 21.5 Å². The minimum absolute atomic E-state index is 0.233. The van der Waals surface area contributed by atoms with Crippen molar-refractivity contribution in [2.24, 2.45) is 15.9 Å². The zero-order valence-corrected chi connectivity index (χ0v) is 18.0. The third kappa shape index (κ3) is 6.62. The molecule has 0 atom stereocenters. The van der Waals surface area contributed by atoms with Crippen molar-refractivity contribution >= 4 is 52.3 Å². The molecule has 0 bridgehead atoms. The summed E-state index contributed by atoms with van der Waals surface area (Å²) in [5.74, 6) is 0.541. The van der Waals surface area contributed by atoms with Crippen LogP contribution in [-0.4, -0.2) is 17.4 Å². The lowest BCUT2D eigenvalue weighted by Gasteiger charge is -2.06. The molecule has 0 aliphatic carbocycles. The Morgan fingerprint density at radius 3 is 2.47 bits per heavy atom. The molecule has 5 nitrogen and oxygen atoms in total. The average Bonchev–Trinajstić information content (AvgIpc) is 2.74. The monoisotopic (exact) mass is 457 g/mol. The van der Waals surface area contributed by atoms with Gasteiger partial charge in [-0.15, -0.1) is 5.10 Å². The first-order valence-electron chi connectivity index (χ1n) is 8.82. The van der Waals surface area contributed by atoms with E-state index in [4.69, 9.17) is 33.7 Å². The smallest absolute Gasteiger partial charge is 0.345 e. The molecule has 0 saturated heterocycles. The Morgan fingerprint density at radius 1 is 1.03 bits per heavy atom. The van der Waals surface area contributed by atoms with Crippen molar-refractivity contribution in [3.63, 3.8) is 0 Å². The summed E-state index contributed by atoms with van der Waals surface area (Å²) in [5, 5.41) is 9.02. The zero-order valence-electron chi connectivity index (χ0n) is 15.7. The van der Waals surface area contributed by atoms with Gasteiger partial charge in [-0.2, -0.15) is 5.10 Å². The molecule has 0 heterocycles. The van der Waals surface area contributed by atoms with Gasteiger partial charge in [-0.3, -0.25) is 0 Å². The van der Waals surface area contributed by atoms with Gasteiger partial charge in [-0.05, 0) is 53.6 Å². The van der Waals surface area contributed by atoms with Gasteiger partial charge in [-0.1, -0.05) is 65.3 Å². The number of carbonyl (C=O) groups excluding carboxylic acids is 1. The first-order chi connectivity index (χ1) is 14.5. The van der Waals surface area contributed by atoms with Gasteiger partial charge in [0.1, 0.15) is 5.75 Å². The summed E-state index contributed by atoms with van der Waals surface area (Å²) in [7, 11) is 0. The van der Waals surface area contributed by atoms with Crippen molar-refractivity contribution in [3.05, 3.63) is 99.5 Å². The van der Waals surface area contributed by atoms with E-state index in [1.807, 2.05) is 30.3 Å². The summed E-state index contributed by atoms with van der Waals surface area (Å²) in [6.45, 7) is 0. The quantitative estimate of drug-likeness (QED) is 0.167. The Balaban J connectivity index is 1.54. The third-order valence-electron chi connectivity index (χ3n) is 3.83. The van der Waals surface area contributed by atoms with E-state index in [0.717, 1.165) is 16.9 Å². The van der Waals surface area contributed by atoms with Crippen molar-refractivity contribution < 1.29 is 9.53 Å². The number of rotatable bonds is 6. The number of ether oxygens (including phenoxy) is 1. The van der Waals surface area contributed by atoms with Gasteiger partial charge in [0.2, 0.25) is 0 Å². The van der Waals surface area contributed by atoms with Crippen LogP contribution in [-0.2, 0) is 5.75 Å². The molecule has 0 unspecified atom stereocenters. The van der Waals surface area contributed by atoms with Gasteiger partial charge in [0.25, 0.3) is 0 Å². The van der Waals surface area contributed by atoms with Crippen molar-refractivity contribution in [2.45, 2.75) is 5.75 Å². The summed E-state index contributed by atoms with van der Waals surface area (Å²) in [6.07, 6.45) is 1.57. The summed E-state index contributed by atoms with van der Waals surface area (Å²) in [4.78, 5) is 12.2. The van der Waals surface area contributed by atoms with Gasteiger partial charge in [0.05, 0.1) is 16.8 Å². The highest BCUT2D eigenvalue weighted by Crippen LogP contribution is 2.23. The lowest BCUT2D eigenvalue weighted by Crippen LogP contribution is -2.09. The Hall–Kier alpha value is -2.80. The number of nitrogens with two attached hydrogens (primary N) is 1. The van der Waals surface area contributed by atoms with Crippen LogP contribution in [0.2, 0.25) is 10.0 Å². The molecule has 0 aromatic heterocycles. The molecule has 0 aliphatic heterocycles. The normalized spacial score (nSPS) is 11.6. The van der Waals surface area contributed by atoms with Crippen LogP contribution in [0.25, 0.3) is 0 Å². The SMILES string of the molecule is NC(=NN=Cc1ccc(OC(=O)c2ccc(Cl)cc2Cl)cc1)SCc1ccccc1. The van der Waals surface area contributed by atoms with Gasteiger partial charge < -0.3 is 10.5 Å². The van der Waals surface area contributed by atoms with Crippen molar-refractivity contribution in [1.82, 2.24) is 0 Å². The number of esters is 1. The number of amidine groups is 1. The number of thioether (sulfide) groups is 1. The van der Waals surface area contributed by atoms with Crippen LogP contribution in [0.5, 0.6) is 5.75 Å². The Bertz CT molecular complexity index is 1070. The highest BCUT2D eigenvalue weighted by molar-refractivity contribution is 8.13. The highest BCUT2D eigenvalue weighted by atomic mass is 35.5. The predicted molar refractivity (Wildman–Crippen MR) is 125 cm³/mol. The molecule has 8 heteroatoms. The molecule has 0 saturated carbocycles. The first kappa shape index (κ1) is 21.9. The standard InChI is InChI=1S/C22H17Cl2N3O2S/c23-17-8-11-19(20(24)12-17)21(28)29-18-9-6-15(7-10-18)13-26-27-22(25)30-14-16-4-2-1-3-5-16/h1-13H,14H2,(H2,25,27). The molecule has 0 radical (unpaired) electrons. The molecular formula is C22H17Cl2N3O2S. The minimum atomic E-state index is -0.564. The fraction of sp³-hybridized carbons (Fsp3) is 0.0455. The molecule has 0 aliphatic rings. The molecule has 30 heavy (non-hydrogen) atoms. The van der Waals surface area contributed by atoms with Crippen molar-refractivity contribution in [3.8, 4) is 5.75 Å². The van der Waals surface area contributed by atoms with Crippen LogP contribution in [0, 0.1) is 0 Å². The van der Waals surface area contributed by atoms with Gasteiger partial charge in [-0.25, -0.2) is 4.79 Å². The minimum Gasteiger partial charge on any atom is -0.423 e. The first-order valence-corrected chi connectivity index (χ1v) is 10.6. The highest BCUT2D eigenvalue weighted by Gasteiger charge is 2.13. The maximum Gasteiger partial charge on any atom is 0.345 e. The Labute approximate surface area is 188 Å². The average molecular weight is 458 g/mol. The molecular weight excluding hydrogens is 441 g/mol. The topological polar surface area (TPSA) is 77.0 Å². The van der Waals surface area contributed by atoms with E-state index in [1.54, 1.807) is 36.5 Å². The van der Waals surface area contributed by atoms with E-state index in [1.165, 1.54) is 23.9 Å². The van der Waals surface area contributed by atoms with E-state index >= 15 is 0 Å². The lowest BCUT2D eigenvalue weighted by molar-refractivity contribution is 0.0735. The van der Waals surface area contributed by atoms with Crippen LogP contribution in [0.3, 0.4) is 0 Å². The maximum atomic E-state index is 12.2. The fourth-order valence-electron chi connectivity index (χ4n) is 2.35. The molecule has 0 spiro atoms. The molecule has 3 aromatic rings. The summed E-state index contributed by atoms with van der Waals surface area (Å²) in [5.41, 5.74) is 8.05. The number of halogens is 2. The molecule has 0 amide bonds. The largest absolute Gasteiger partial charge is 0.423 e. The second-order valence-corrected chi connectivity index (χ2v) is 7.88. The number of carbonyl (C=O) groups is 1. The number of nitrogens with zero attached hydrogens (tertiary/aromatic N) is 2. The summed E-state index contributed by atoms with van der Waals surface area (Å²) < 4.78 is 5.33. The lowest BCUT2D eigenvalue weighted by atomic mass is 10.2. The second kappa shape index (κ2) is 10.8. The molecule has 2 N–H and O–H groups in total. The number of hydrogen-bond donors (Lipinski definition) is 1. The fourth-order valence-corrected chi connectivity index (χ4v) is 3.45. The molecule has 3 rings (SSSR count). The summed E-state index contributed by atoms with van der Waals surface area (Å²) in [6, 6.07) is 21.4. The van der Waals surface area contributed by atoms with Crippen molar-refractivity contribution in [1.29, 1.82) is 0 Å². The zero-order chi connectivity index (χ0) is 21.3. The van der Waals surface area contributed by atoms with E-state index in [9.17, 15) is 4.79 Å². The van der Waals surface area contributed by atoms with Gasteiger partial charge in [0, 0.05) is 10.8 Å².